The first-order valence-electron chi connectivity index (χ1n) is 6.48. The number of carbonyl (C=O) groups excluding carboxylic acids is 1. The number of piperidine rings is 1. The maximum Gasteiger partial charge on any atom is 0.224 e. The van der Waals surface area contributed by atoms with Crippen LogP contribution in [0.5, 0.6) is 0 Å². The molecule has 1 aromatic carbocycles. The van der Waals surface area contributed by atoms with E-state index >= 15 is 0 Å². The fraction of sp³-hybridized carbons (Fsp3) is 0.500. The van der Waals surface area contributed by atoms with Gasteiger partial charge >= 0.3 is 0 Å². The van der Waals surface area contributed by atoms with Crippen molar-refractivity contribution in [3.05, 3.63) is 35.4 Å². The van der Waals surface area contributed by atoms with Gasteiger partial charge in [0.25, 0.3) is 0 Å². The third kappa shape index (κ3) is 3.73. The molecule has 1 aliphatic heterocycles. The fourth-order valence-corrected chi connectivity index (χ4v) is 2.34. The quantitative estimate of drug-likeness (QED) is 0.878. The number of nitrogens with one attached hydrogen (secondary N) is 2. The highest BCUT2D eigenvalue weighted by molar-refractivity contribution is 5.79. The van der Waals surface area contributed by atoms with Crippen molar-refractivity contribution in [2.75, 3.05) is 13.1 Å². The van der Waals surface area contributed by atoms with Crippen LogP contribution in [0, 0.1) is 23.5 Å². The maximum atomic E-state index is 13.0. The van der Waals surface area contributed by atoms with Crippen molar-refractivity contribution in [2.24, 2.45) is 11.8 Å². The molecule has 0 aliphatic carbocycles. The van der Waals surface area contributed by atoms with Crippen LogP contribution in [0.25, 0.3) is 0 Å². The topological polar surface area (TPSA) is 41.1 Å². The second-order valence-electron chi connectivity index (χ2n) is 5.16. The number of hydrogen-bond donors (Lipinski definition) is 2. The zero-order chi connectivity index (χ0) is 13.8. The normalized spacial score (nSPS) is 23.1. The summed E-state index contributed by atoms with van der Waals surface area (Å²) in [6, 6.07) is 3.65. The zero-order valence-electron chi connectivity index (χ0n) is 10.9. The minimum absolute atomic E-state index is 0.0382. The summed E-state index contributed by atoms with van der Waals surface area (Å²) in [6.45, 7) is 3.93. The molecule has 1 heterocycles. The Bertz CT molecular complexity index is 465. The van der Waals surface area contributed by atoms with Gasteiger partial charge in [-0.3, -0.25) is 4.79 Å². The van der Waals surface area contributed by atoms with E-state index in [-0.39, 0.29) is 18.4 Å². The summed E-state index contributed by atoms with van der Waals surface area (Å²) in [4.78, 5) is 11.9. The van der Waals surface area contributed by atoms with Crippen molar-refractivity contribution in [3.8, 4) is 0 Å². The van der Waals surface area contributed by atoms with Crippen molar-refractivity contribution in [1.29, 1.82) is 0 Å². The molecular weight excluding hydrogens is 250 g/mol. The molecular formula is C14H18F2N2O. The van der Waals surface area contributed by atoms with Crippen molar-refractivity contribution >= 4 is 5.91 Å². The Morgan fingerprint density at radius 3 is 2.84 bits per heavy atom. The first-order valence-corrected chi connectivity index (χ1v) is 6.48. The molecule has 2 atom stereocenters. The Balaban J connectivity index is 1.87. The van der Waals surface area contributed by atoms with Crippen LogP contribution in [0.2, 0.25) is 0 Å². The third-order valence-electron chi connectivity index (χ3n) is 3.39. The van der Waals surface area contributed by atoms with Crippen molar-refractivity contribution < 1.29 is 13.6 Å². The molecule has 1 aromatic rings. The van der Waals surface area contributed by atoms with Crippen molar-refractivity contribution in [1.82, 2.24) is 10.6 Å². The maximum absolute atomic E-state index is 13.0. The average molecular weight is 268 g/mol. The van der Waals surface area contributed by atoms with Gasteiger partial charge in [-0.25, -0.2) is 8.78 Å². The molecule has 1 fully saturated rings. The summed E-state index contributed by atoms with van der Waals surface area (Å²) in [7, 11) is 0. The molecule has 2 unspecified atom stereocenters. The lowest BCUT2D eigenvalue weighted by atomic mass is 9.91. The van der Waals surface area contributed by atoms with Crippen LogP contribution in [-0.4, -0.2) is 19.0 Å². The molecule has 19 heavy (non-hydrogen) atoms. The predicted molar refractivity (Wildman–Crippen MR) is 68.3 cm³/mol. The van der Waals surface area contributed by atoms with E-state index in [1.165, 1.54) is 6.07 Å². The summed E-state index contributed by atoms with van der Waals surface area (Å²) >= 11 is 0. The van der Waals surface area contributed by atoms with Gasteiger partial charge in [-0.15, -0.1) is 0 Å². The van der Waals surface area contributed by atoms with Gasteiger partial charge in [0, 0.05) is 13.1 Å². The molecule has 0 bridgehead atoms. The van der Waals surface area contributed by atoms with E-state index < -0.39 is 11.6 Å². The SMILES string of the molecule is CC1CNCC(C(=O)NCc2ccc(F)c(F)c2)C1. The molecule has 5 heteroatoms. The van der Waals surface area contributed by atoms with Crippen LogP contribution < -0.4 is 10.6 Å². The first kappa shape index (κ1) is 13.9. The first-order chi connectivity index (χ1) is 9.06. The smallest absolute Gasteiger partial charge is 0.224 e. The lowest BCUT2D eigenvalue weighted by Crippen LogP contribution is -2.43. The number of carbonyl (C=O) groups is 1. The molecule has 104 valence electrons. The Labute approximate surface area is 111 Å². The number of hydrogen-bond acceptors (Lipinski definition) is 2. The van der Waals surface area contributed by atoms with Gasteiger partial charge in [0.1, 0.15) is 0 Å². The van der Waals surface area contributed by atoms with E-state index in [1.807, 2.05) is 0 Å². The number of benzene rings is 1. The highest BCUT2D eigenvalue weighted by Crippen LogP contribution is 2.16. The van der Waals surface area contributed by atoms with E-state index in [4.69, 9.17) is 0 Å². The van der Waals surface area contributed by atoms with Crippen molar-refractivity contribution in [3.63, 3.8) is 0 Å². The molecule has 0 aromatic heterocycles. The highest BCUT2D eigenvalue weighted by Gasteiger charge is 2.24. The second kappa shape index (κ2) is 6.10. The molecule has 0 saturated carbocycles. The van der Waals surface area contributed by atoms with E-state index in [0.29, 0.717) is 18.0 Å². The minimum Gasteiger partial charge on any atom is -0.352 e. The third-order valence-corrected chi connectivity index (χ3v) is 3.39. The summed E-state index contributed by atoms with van der Waals surface area (Å²) in [5, 5.41) is 5.98. The Morgan fingerprint density at radius 1 is 1.37 bits per heavy atom. The highest BCUT2D eigenvalue weighted by atomic mass is 19.2. The molecule has 0 spiro atoms. The zero-order valence-corrected chi connectivity index (χ0v) is 10.9. The van der Waals surface area contributed by atoms with Crippen LogP contribution in [0.4, 0.5) is 8.78 Å². The van der Waals surface area contributed by atoms with E-state index in [9.17, 15) is 13.6 Å². The summed E-state index contributed by atoms with van der Waals surface area (Å²) in [5.41, 5.74) is 0.559. The largest absolute Gasteiger partial charge is 0.352 e. The molecule has 1 amide bonds. The summed E-state index contributed by atoms with van der Waals surface area (Å²) in [5.74, 6) is -1.37. The minimum atomic E-state index is -0.889. The average Bonchev–Trinajstić information content (AvgIpc) is 2.40. The van der Waals surface area contributed by atoms with Crippen LogP contribution >= 0.6 is 0 Å². The molecule has 3 nitrogen and oxygen atoms in total. The van der Waals surface area contributed by atoms with Crippen LogP contribution in [0.3, 0.4) is 0 Å². The Hall–Kier alpha value is -1.49. The predicted octanol–water partition coefficient (Wildman–Crippen LogP) is 1.83. The molecule has 2 rings (SSSR count). The number of rotatable bonds is 3. The van der Waals surface area contributed by atoms with Gasteiger partial charge in [0.15, 0.2) is 11.6 Å². The molecule has 1 aliphatic rings. The lowest BCUT2D eigenvalue weighted by Gasteiger charge is -2.26. The number of amides is 1. The van der Waals surface area contributed by atoms with E-state index in [1.54, 1.807) is 0 Å². The molecule has 1 saturated heterocycles. The molecule has 0 radical (unpaired) electrons. The second-order valence-corrected chi connectivity index (χ2v) is 5.16. The number of halogens is 2. The van der Waals surface area contributed by atoms with Gasteiger partial charge in [0.05, 0.1) is 5.92 Å². The summed E-state index contributed by atoms with van der Waals surface area (Å²) < 4.78 is 25.8. The Morgan fingerprint density at radius 2 is 2.16 bits per heavy atom. The van der Waals surface area contributed by atoms with Crippen LogP contribution in [0.15, 0.2) is 18.2 Å². The standard InChI is InChI=1S/C14H18F2N2O/c1-9-4-11(8-17-6-9)14(19)18-7-10-2-3-12(15)13(16)5-10/h2-3,5,9,11,17H,4,6-8H2,1H3,(H,18,19). The van der Waals surface area contributed by atoms with Gasteiger partial charge in [-0.05, 0) is 36.6 Å². The Kier molecular flexibility index (Phi) is 4.47. The molecule has 2 N–H and O–H groups in total. The fourth-order valence-electron chi connectivity index (χ4n) is 2.34. The van der Waals surface area contributed by atoms with Crippen LogP contribution in [0.1, 0.15) is 18.9 Å². The van der Waals surface area contributed by atoms with Gasteiger partial charge < -0.3 is 10.6 Å². The van der Waals surface area contributed by atoms with Crippen LogP contribution in [-0.2, 0) is 11.3 Å². The van der Waals surface area contributed by atoms with E-state index in [2.05, 4.69) is 17.6 Å². The van der Waals surface area contributed by atoms with Gasteiger partial charge in [0.2, 0.25) is 5.91 Å². The lowest BCUT2D eigenvalue weighted by molar-refractivity contribution is -0.126. The van der Waals surface area contributed by atoms with E-state index in [0.717, 1.165) is 25.1 Å². The summed E-state index contributed by atoms with van der Waals surface area (Å²) in [6.07, 6.45) is 0.858. The van der Waals surface area contributed by atoms with Gasteiger partial charge in [-0.2, -0.15) is 0 Å². The monoisotopic (exact) mass is 268 g/mol. The van der Waals surface area contributed by atoms with Crippen molar-refractivity contribution in [2.45, 2.75) is 19.9 Å². The van der Waals surface area contributed by atoms with Gasteiger partial charge in [-0.1, -0.05) is 13.0 Å².